The molecule has 2 rings (SSSR count). The quantitative estimate of drug-likeness (QED) is 0.858. The van der Waals surface area contributed by atoms with Gasteiger partial charge in [0.25, 0.3) is 0 Å². The van der Waals surface area contributed by atoms with Crippen LogP contribution >= 0.6 is 11.3 Å². The molecule has 0 aliphatic rings. The summed E-state index contributed by atoms with van der Waals surface area (Å²) >= 11 is 1.24. The number of rotatable bonds is 6. The molecule has 0 fully saturated rings. The zero-order valence-electron chi connectivity index (χ0n) is 11.2. The van der Waals surface area contributed by atoms with Crippen LogP contribution in [-0.4, -0.2) is 20.1 Å². The van der Waals surface area contributed by atoms with Crippen LogP contribution in [0, 0.1) is 6.92 Å². The molecule has 2 N–H and O–H groups in total. The number of thiophene rings is 1. The minimum absolute atomic E-state index is 0.175. The van der Waals surface area contributed by atoms with Gasteiger partial charge in [0, 0.05) is 11.4 Å². The van der Waals surface area contributed by atoms with Crippen LogP contribution < -0.4 is 4.72 Å². The Morgan fingerprint density at radius 2 is 2.10 bits per heavy atom. The summed E-state index contributed by atoms with van der Waals surface area (Å²) in [5, 5.41) is 10.8. The van der Waals surface area contributed by atoms with Gasteiger partial charge in [0.15, 0.2) is 0 Å². The zero-order valence-corrected chi connectivity index (χ0v) is 12.8. The fraction of sp³-hybridized carbons (Fsp3) is 0.286. The standard InChI is InChI=1S/C14H17NO3S2/c1-11-3-2-4-12(9-11)5-7-15-20(17,18)14-6-8-19-13(14)10-16/h2-4,6,8-9,15-16H,5,7,10H2,1H3. The van der Waals surface area contributed by atoms with E-state index in [-0.39, 0.29) is 11.5 Å². The summed E-state index contributed by atoms with van der Waals surface area (Å²) in [6.07, 6.45) is 0.638. The third-order valence-corrected chi connectivity index (χ3v) is 5.51. The Morgan fingerprint density at radius 3 is 2.80 bits per heavy atom. The van der Waals surface area contributed by atoms with Gasteiger partial charge in [-0.3, -0.25) is 0 Å². The van der Waals surface area contributed by atoms with Gasteiger partial charge < -0.3 is 5.11 Å². The average Bonchev–Trinajstić information content (AvgIpc) is 2.87. The van der Waals surface area contributed by atoms with Crippen molar-refractivity contribution in [2.75, 3.05) is 6.54 Å². The van der Waals surface area contributed by atoms with E-state index >= 15 is 0 Å². The van der Waals surface area contributed by atoms with Gasteiger partial charge in [0.2, 0.25) is 10.0 Å². The molecule has 0 atom stereocenters. The first-order valence-corrected chi connectivity index (χ1v) is 8.61. The lowest BCUT2D eigenvalue weighted by molar-refractivity contribution is 0.282. The highest BCUT2D eigenvalue weighted by Gasteiger charge is 2.18. The normalized spacial score (nSPS) is 11.7. The Morgan fingerprint density at radius 1 is 1.30 bits per heavy atom. The van der Waals surface area contributed by atoms with E-state index < -0.39 is 10.0 Å². The molecule has 0 saturated heterocycles. The van der Waals surface area contributed by atoms with E-state index in [1.807, 2.05) is 31.2 Å². The number of aryl methyl sites for hydroxylation is 1. The van der Waals surface area contributed by atoms with Gasteiger partial charge in [-0.15, -0.1) is 11.3 Å². The Labute approximate surface area is 123 Å². The van der Waals surface area contributed by atoms with Crippen molar-refractivity contribution in [3.8, 4) is 0 Å². The summed E-state index contributed by atoms with van der Waals surface area (Å²) < 4.78 is 26.8. The van der Waals surface area contributed by atoms with Gasteiger partial charge in [0.05, 0.1) is 11.5 Å². The molecule has 0 spiro atoms. The van der Waals surface area contributed by atoms with E-state index in [9.17, 15) is 8.42 Å². The molecule has 1 aromatic heterocycles. The third-order valence-electron chi connectivity index (χ3n) is 2.93. The highest BCUT2D eigenvalue weighted by molar-refractivity contribution is 7.89. The van der Waals surface area contributed by atoms with Crippen LogP contribution in [0.15, 0.2) is 40.6 Å². The molecule has 0 unspecified atom stereocenters. The topological polar surface area (TPSA) is 66.4 Å². The molecule has 108 valence electrons. The molecular formula is C14H17NO3S2. The molecule has 20 heavy (non-hydrogen) atoms. The molecule has 0 aliphatic heterocycles. The zero-order chi connectivity index (χ0) is 14.6. The second kappa shape index (κ2) is 6.49. The minimum Gasteiger partial charge on any atom is -0.391 e. The van der Waals surface area contributed by atoms with Crippen molar-refractivity contribution in [2.45, 2.75) is 24.8 Å². The Bertz CT molecular complexity index is 677. The maximum absolute atomic E-state index is 12.1. The summed E-state index contributed by atoms with van der Waals surface area (Å²) in [7, 11) is -3.54. The molecule has 0 saturated carbocycles. The number of hydrogen-bond donors (Lipinski definition) is 2. The number of aliphatic hydroxyl groups excluding tert-OH is 1. The fourth-order valence-electron chi connectivity index (χ4n) is 1.96. The van der Waals surface area contributed by atoms with Crippen LogP contribution in [0.1, 0.15) is 16.0 Å². The first-order chi connectivity index (χ1) is 9.53. The maximum Gasteiger partial charge on any atom is 0.241 e. The van der Waals surface area contributed by atoms with Crippen LogP contribution in [0.2, 0.25) is 0 Å². The predicted molar refractivity (Wildman–Crippen MR) is 80.3 cm³/mol. The van der Waals surface area contributed by atoms with Crippen molar-refractivity contribution >= 4 is 21.4 Å². The lowest BCUT2D eigenvalue weighted by atomic mass is 10.1. The first-order valence-electron chi connectivity index (χ1n) is 6.25. The largest absolute Gasteiger partial charge is 0.391 e. The number of hydrogen-bond acceptors (Lipinski definition) is 4. The van der Waals surface area contributed by atoms with E-state index in [2.05, 4.69) is 4.72 Å². The smallest absolute Gasteiger partial charge is 0.241 e. The third kappa shape index (κ3) is 3.67. The maximum atomic E-state index is 12.1. The van der Waals surface area contributed by atoms with Gasteiger partial charge in [-0.05, 0) is 30.4 Å². The fourth-order valence-corrected chi connectivity index (χ4v) is 4.28. The Hall–Kier alpha value is -1.21. The molecule has 1 heterocycles. The number of aliphatic hydroxyl groups is 1. The van der Waals surface area contributed by atoms with Crippen molar-refractivity contribution in [2.24, 2.45) is 0 Å². The first kappa shape index (κ1) is 15.2. The van der Waals surface area contributed by atoms with Crippen LogP contribution in [0.5, 0.6) is 0 Å². The molecule has 6 heteroatoms. The number of nitrogens with one attached hydrogen (secondary N) is 1. The van der Waals surface area contributed by atoms with Crippen molar-refractivity contribution in [3.05, 3.63) is 51.7 Å². The van der Waals surface area contributed by atoms with Crippen molar-refractivity contribution in [1.82, 2.24) is 4.72 Å². The predicted octanol–water partition coefficient (Wildman–Crippen LogP) is 2.07. The molecule has 2 aromatic rings. The van der Waals surface area contributed by atoms with E-state index in [1.165, 1.54) is 17.4 Å². The van der Waals surface area contributed by atoms with Crippen LogP contribution in [-0.2, 0) is 23.1 Å². The Kier molecular flexibility index (Phi) is 4.93. The van der Waals surface area contributed by atoms with Gasteiger partial charge in [-0.1, -0.05) is 29.8 Å². The average molecular weight is 311 g/mol. The van der Waals surface area contributed by atoms with E-state index in [1.54, 1.807) is 5.38 Å². The van der Waals surface area contributed by atoms with Gasteiger partial charge in [-0.2, -0.15) is 0 Å². The van der Waals surface area contributed by atoms with Gasteiger partial charge in [0.1, 0.15) is 0 Å². The van der Waals surface area contributed by atoms with Crippen molar-refractivity contribution in [1.29, 1.82) is 0 Å². The molecule has 4 nitrogen and oxygen atoms in total. The SMILES string of the molecule is Cc1cccc(CCNS(=O)(=O)c2ccsc2CO)c1. The van der Waals surface area contributed by atoms with E-state index in [0.29, 0.717) is 17.8 Å². The molecule has 0 aliphatic carbocycles. The summed E-state index contributed by atoms with van der Waals surface area (Å²) in [4.78, 5) is 0.641. The highest BCUT2D eigenvalue weighted by Crippen LogP contribution is 2.21. The summed E-state index contributed by atoms with van der Waals surface area (Å²) in [6.45, 7) is 2.09. The second-order valence-corrected chi connectivity index (χ2v) is 7.24. The summed E-state index contributed by atoms with van der Waals surface area (Å²) in [6, 6.07) is 9.50. The number of sulfonamides is 1. The summed E-state index contributed by atoms with van der Waals surface area (Å²) in [5.41, 5.74) is 2.26. The van der Waals surface area contributed by atoms with Crippen LogP contribution in [0.4, 0.5) is 0 Å². The van der Waals surface area contributed by atoms with Crippen molar-refractivity contribution < 1.29 is 13.5 Å². The second-order valence-electron chi connectivity index (χ2n) is 4.50. The lowest BCUT2D eigenvalue weighted by Gasteiger charge is -2.07. The molecule has 0 bridgehead atoms. The minimum atomic E-state index is -3.54. The molecule has 0 amide bonds. The van der Waals surface area contributed by atoms with Crippen LogP contribution in [0.25, 0.3) is 0 Å². The van der Waals surface area contributed by atoms with Crippen LogP contribution in [0.3, 0.4) is 0 Å². The monoisotopic (exact) mass is 311 g/mol. The molecule has 0 radical (unpaired) electrons. The molecular weight excluding hydrogens is 294 g/mol. The highest BCUT2D eigenvalue weighted by atomic mass is 32.2. The lowest BCUT2D eigenvalue weighted by Crippen LogP contribution is -2.26. The Balaban J connectivity index is 2.00. The number of benzene rings is 1. The summed E-state index contributed by atoms with van der Waals surface area (Å²) in [5.74, 6) is 0. The molecule has 1 aromatic carbocycles. The van der Waals surface area contributed by atoms with Crippen molar-refractivity contribution in [3.63, 3.8) is 0 Å². The van der Waals surface area contributed by atoms with Gasteiger partial charge >= 0.3 is 0 Å². The van der Waals surface area contributed by atoms with E-state index in [0.717, 1.165) is 11.1 Å². The van der Waals surface area contributed by atoms with E-state index in [4.69, 9.17) is 5.11 Å². The van der Waals surface area contributed by atoms with Gasteiger partial charge in [-0.25, -0.2) is 13.1 Å².